The molecule has 19 heavy (non-hydrogen) atoms. The molecule has 0 radical (unpaired) electrons. The fourth-order valence-corrected chi connectivity index (χ4v) is 1.87. The SMILES string of the molecule is Cc1ccc(C(=O)NC(C)C(=O)NC(C)C)cc1Br. The van der Waals surface area contributed by atoms with Gasteiger partial charge in [-0.15, -0.1) is 0 Å². The third-order valence-electron chi connectivity index (χ3n) is 2.61. The Bertz CT molecular complexity index is 486. The van der Waals surface area contributed by atoms with Gasteiger partial charge < -0.3 is 10.6 Å². The highest BCUT2D eigenvalue weighted by Crippen LogP contribution is 2.17. The Kier molecular flexibility index (Phi) is 5.54. The summed E-state index contributed by atoms with van der Waals surface area (Å²) in [6.45, 7) is 7.37. The summed E-state index contributed by atoms with van der Waals surface area (Å²) >= 11 is 3.38. The maximum atomic E-state index is 12.0. The molecule has 0 aliphatic heterocycles. The molecule has 5 heteroatoms. The van der Waals surface area contributed by atoms with E-state index in [0.29, 0.717) is 5.56 Å². The summed E-state index contributed by atoms with van der Waals surface area (Å²) in [5, 5.41) is 5.43. The van der Waals surface area contributed by atoms with Gasteiger partial charge in [0.1, 0.15) is 6.04 Å². The molecule has 1 aromatic carbocycles. The number of benzene rings is 1. The van der Waals surface area contributed by atoms with Crippen LogP contribution in [0.4, 0.5) is 0 Å². The highest BCUT2D eigenvalue weighted by Gasteiger charge is 2.17. The van der Waals surface area contributed by atoms with Crippen molar-refractivity contribution < 1.29 is 9.59 Å². The molecule has 1 atom stereocenters. The van der Waals surface area contributed by atoms with Crippen molar-refractivity contribution in [2.24, 2.45) is 0 Å². The highest BCUT2D eigenvalue weighted by atomic mass is 79.9. The summed E-state index contributed by atoms with van der Waals surface area (Å²) in [5.74, 6) is -0.443. The number of carbonyl (C=O) groups excluding carboxylic acids is 2. The topological polar surface area (TPSA) is 58.2 Å². The van der Waals surface area contributed by atoms with Crippen molar-refractivity contribution in [3.05, 3.63) is 33.8 Å². The number of amides is 2. The largest absolute Gasteiger partial charge is 0.352 e. The van der Waals surface area contributed by atoms with Crippen LogP contribution in [0.5, 0.6) is 0 Å². The Morgan fingerprint density at radius 3 is 2.32 bits per heavy atom. The van der Waals surface area contributed by atoms with Crippen molar-refractivity contribution >= 4 is 27.7 Å². The van der Waals surface area contributed by atoms with E-state index in [4.69, 9.17) is 0 Å². The Hall–Kier alpha value is -1.36. The van der Waals surface area contributed by atoms with Crippen LogP contribution >= 0.6 is 15.9 Å². The van der Waals surface area contributed by atoms with E-state index in [1.165, 1.54) is 0 Å². The third kappa shape index (κ3) is 4.67. The van der Waals surface area contributed by atoms with Crippen LogP contribution in [0, 0.1) is 6.92 Å². The van der Waals surface area contributed by atoms with Crippen molar-refractivity contribution in [2.75, 3.05) is 0 Å². The van der Waals surface area contributed by atoms with Gasteiger partial charge in [0.25, 0.3) is 5.91 Å². The van der Waals surface area contributed by atoms with Gasteiger partial charge in [0.05, 0.1) is 0 Å². The van der Waals surface area contributed by atoms with E-state index in [1.54, 1.807) is 19.1 Å². The minimum Gasteiger partial charge on any atom is -0.352 e. The van der Waals surface area contributed by atoms with E-state index in [2.05, 4.69) is 26.6 Å². The molecule has 2 amide bonds. The van der Waals surface area contributed by atoms with Crippen LogP contribution in [0.15, 0.2) is 22.7 Å². The Morgan fingerprint density at radius 2 is 1.79 bits per heavy atom. The lowest BCUT2D eigenvalue weighted by Gasteiger charge is -2.16. The van der Waals surface area contributed by atoms with Gasteiger partial charge in [-0.1, -0.05) is 22.0 Å². The fraction of sp³-hybridized carbons (Fsp3) is 0.429. The van der Waals surface area contributed by atoms with Crippen LogP contribution in [0.2, 0.25) is 0 Å². The number of carbonyl (C=O) groups is 2. The molecule has 0 aliphatic rings. The zero-order valence-corrected chi connectivity index (χ0v) is 13.2. The van der Waals surface area contributed by atoms with Crippen LogP contribution in [-0.4, -0.2) is 23.9 Å². The maximum absolute atomic E-state index is 12.0. The quantitative estimate of drug-likeness (QED) is 0.892. The first-order valence-electron chi connectivity index (χ1n) is 6.18. The number of hydrogen-bond donors (Lipinski definition) is 2. The first-order valence-corrected chi connectivity index (χ1v) is 6.98. The minimum absolute atomic E-state index is 0.0559. The van der Waals surface area contributed by atoms with Crippen LogP contribution in [0.1, 0.15) is 36.7 Å². The smallest absolute Gasteiger partial charge is 0.251 e. The fourth-order valence-electron chi connectivity index (χ4n) is 1.49. The Morgan fingerprint density at radius 1 is 1.16 bits per heavy atom. The van der Waals surface area contributed by atoms with Crippen LogP contribution in [0.25, 0.3) is 0 Å². The van der Waals surface area contributed by atoms with Gasteiger partial charge in [0.15, 0.2) is 0 Å². The minimum atomic E-state index is -0.560. The standard InChI is InChI=1S/C14H19BrN2O2/c1-8(2)16-13(18)10(4)17-14(19)11-6-5-9(3)12(15)7-11/h5-8,10H,1-4H3,(H,16,18)(H,17,19). The summed E-state index contributed by atoms with van der Waals surface area (Å²) in [6, 6.07) is 4.84. The number of aryl methyl sites for hydroxylation is 1. The van der Waals surface area contributed by atoms with Crippen LogP contribution in [0.3, 0.4) is 0 Å². The monoisotopic (exact) mass is 326 g/mol. The van der Waals surface area contributed by atoms with E-state index in [0.717, 1.165) is 10.0 Å². The molecule has 2 N–H and O–H groups in total. The van der Waals surface area contributed by atoms with Gasteiger partial charge in [0, 0.05) is 16.1 Å². The van der Waals surface area contributed by atoms with Gasteiger partial charge in [-0.25, -0.2) is 0 Å². The van der Waals surface area contributed by atoms with Gasteiger partial charge in [0.2, 0.25) is 5.91 Å². The van der Waals surface area contributed by atoms with E-state index in [9.17, 15) is 9.59 Å². The lowest BCUT2D eigenvalue weighted by molar-refractivity contribution is -0.123. The average molecular weight is 327 g/mol. The van der Waals surface area contributed by atoms with E-state index >= 15 is 0 Å². The number of halogens is 1. The first-order chi connectivity index (χ1) is 8.81. The predicted octanol–water partition coefficient (Wildman–Crippen LogP) is 2.40. The molecule has 1 rings (SSSR count). The van der Waals surface area contributed by atoms with Crippen molar-refractivity contribution in [1.82, 2.24) is 10.6 Å². The van der Waals surface area contributed by atoms with E-state index < -0.39 is 6.04 Å². The summed E-state index contributed by atoms with van der Waals surface area (Å²) in [4.78, 5) is 23.7. The molecule has 4 nitrogen and oxygen atoms in total. The molecule has 0 aromatic heterocycles. The zero-order valence-electron chi connectivity index (χ0n) is 11.6. The first kappa shape index (κ1) is 15.7. The lowest BCUT2D eigenvalue weighted by atomic mass is 10.1. The third-order valence-corrected chi connectivity index (χ3v) is 3.46. The molecule has 0 saturated carbocycles. The Labute approximate surface area is 122 Å². The number of nitrogens with one attached hydrogen (secondary N) is 2. The van der Waals surface area contributed by atoms with Crippen molar-refractivity contribution in [2.45, 2.75) is 39.8 Å². The zero-order chi connectivity index (χ0) is 14.6. The van der Waals surface area contributed by atoms with Crippen molar-refractivity contribution in [1.29, 1.82) is 0 Å². The van der Waals surface area contributed by atoms with Gasteiger partial charge in [-0.05, 0) is 45.4 Å². The molecule has 104 valence electrons. The molecule has 0 spiro atoms. The molecule has 0 heterocycles. The molecule has 1 aromatic rings. The molecular weight excluding hydrogens is 308 g/mol. The summed E-state index contributed by atoms with van der Waals surface area (Å²) < 4.78 is 0.874. The van der Waals surface area contributed by atoms with Gasteiger partial charge in [-0.3, -0.25) is 9.59 Å². The second kappa shape index (κ2) is 6.70. The molecular formula is C14H19BrN2O2. The molecule has 0 bridgehead atoms. The van der Waals surface area contributed by atoms with E-state index in [-0.39, 0.29) is 17.9 Å². The maximum Gasteiger partial charge on any atom is 0.251 e. The lowest BCUT2D eigenvalue weighted by Crippen LogP contribution is -2.46. The number of hydrogen-bond acceptors (Lipinski definition) is 2. The van der Waals surface area contributed by atoms with Crippen molar-refractivity contribution in [3.8, 4) is 0 Å². The second-order valence-corrected chi connectivity index (χ2v) is 5.68. The van der Waals surface area contributed by atoms with Crippen molar-refractivity contribution in [3.63, 3.8) is 0 Å². The number of rotatable bonds is 4. The van der Waals surface area contributed by atoms with E-state index in [1.807, 2.05) is 26.8 Å². The summed E-state index contributed by atoms with van der Waals surface area (Å²) in [6.07, 6.45) is 0. The summed E-state index contributed by atoms with van der Waals surface area (Å²) in [7, 11) is 0. The average Bonchev–Trinajstić information content (AvgIpc) is 2.31. The summed E-state index contributed by atoms with van der Waals surface area (Å²) in [5.41, 5.74) is 1.59. The molecule has 0 fully saturated rings. The molecule has 1 unspecified atom stereocenters. The van der Waals surface area contributed by atoms with Crippen LogP contribution in [-0.2, 0) is 4.79 Å². The highest BCUT2D eigenvalue weighted by molar-refractivity contribution is 9.10. The predicted molar refractivity (Wildman–Crippen MR) is 79.1 cm³/mol. The second-order valence-electron chi connectivity index (χ2n) is 4.82. The normalized spacial score (nSPS) is 12.1. The Balaban J connectivity index is 2.68. The molecule has 0 aliphatic carbocycles. The molecule has 0 saturated heterocycles. The van der Waals surface area contributed by atoms with Gasteiger partial charge >= 0.3 is 0 Å². The van der Waals surface area contributed by atoms with Crippen LogP contribution < -0.4 is 10.6 Å². The van der Waals surface area contributed by atoms with Gasteiger partial charge in [-0.2, -0.15) is 0 Å².